The average molecular weight is 233 g/mol. The number of rotatable bonds is 4. The first-order chi connectivity index (χ1) is 8.16. The lowest BCUT2D eigenvalue weighted by atomic mass is 9.99. The number of carboxylic acids is 1. The largest absolute Gasteiger partial charge is 0.480 e. The van der Waals surface area contributed by atoms with E-state index < -0.39 is 5.97 Å². The van der Waals surface area contributed by atoms with Crippen LogP contribution in [0.15, 0.2) is 30.3 Å². The summed E-state index contributed by atoms with van der Waals surface area (Å²) >= 11 is 0. The predicted octanol–water partition coefficient (Wildman–Crippen LogP) is 2.02. The second kappa shape index (κ2) is 5.32. The van der Waals surface area contributed by atoms with Crippen LogP contribution in [0.25, 0.3) is 0 Å². The molecule has 1 heterocycles. The Morgan fingerprint density at radius 3 is 2.82 bits per heavy atom. The summed E-state index contributed by atoms with van der Waals surface area (Å²) in [7, 11) is 0. The van der Waals surface area contributed by atoms with Gasteiger partial charge >= 0.3 is 5.97 Å². The second-order valence-corrected chi connectivity index (χ2v) is 4.85. The summed E-state index contributed by atoms with van der Waals surface area (Å²) in [6.45, 7) is 3.58. The molecule has 17 heavy (non-hydrogen) atoms. The van der Waals surface area contributed by atoms with Crippen LogP contribution in [0, 0.1) is 5.92 Å². The Balaban J connectivity index is 1.88. The molecule has 3 heteroatoms. The van der Waals surface area contributed by atoms with Gasteiger partial charge in [-0.05, 0) is 37.8 Å². The smallest absolute Gasteiger partial charge is 0.320 e. The molecule has 0 amide bonds. The van der Waals surface area contributed by atoms with Crippen molar-refractivity contribution in [1.82, 2.24) is 4.90 Å². The normalized spacial score (nSPS) is 22.5. The maximum atomic E-state index is 10.9. The highest BCUT2D eigenvalue weighted by Crippen LogP contribution is 2.22. The van der Waals surface area contributed by atoms with Crippen LogP contribution in [0.3, 0.4) is 0 Å². The first kappa shape index (κ1) is 12.1. The highest BCUT2D eigenvalue weighted by molar-refractivity contribution is 5.72. The van der Waals surface area contributed by atoms with Crippen molar-refractivity contribution in [1.29, 1.82) is 0 Å². The van der Waals surface area contributed by atoms with E-state index in [4.69, 9.17) is 5.11 Å². The molecule has 1 saturated heterocycles. The summed E-state index contributed by atoms with van der Waals surface area (Å²) < 4.78 is 0. The summed E-state index contributed by atoms with van der Waals surface area (Å²) in [5.41, 5.74) is 1.35. The van der Waals surface area contributed by atoms with E-state index in [1.165, 1.54) is 5.56 Å². The summed E-state index contributed by atoms with van der Waals surface area (Å²) in [5.74, 6) is -0.121. The summed E-state index contributed by atoms with van der Waals surface area (Å²) in [6, 6.07) is 10.1. The molecule has 3 nitrogen and oxygen atoms in total. The lowest BCUT2D eigenvalue weighted by molar-refractivity contribution is -0.142. The van der Waals surface area contributed by atoms with Crippen molar-refractivity contribution in [2.24, 2.45) is 5.92 Å². The highest BCUT2D eigenvalue weighted by Gasteiger charge is 2.29. The van der Waals surface area contributed by atoms with Gasteiger partial charge in [0.2, 0.25) is 0 Å². The van der Waals surface area contributed by atoms with Crippen LogP contribution in [0.5, 0.6) is 0 Å². The molecule has 0 saturated carbocycles. The van der Waals surface area contributed by atoms with E-state index in [9.17, 15) is 4.79 Å². The third-order valence-electron chi connectivity index (χ3n) is 3.59. The molecule has 1 aromatic carbocycles. The van der Waals surface area contributed by atoms with Crippen LogP contribution in [-0.2, 0) is 11.2 Å². The molecular weight excluding hydrogens is 214 g/mol. The van der Waals surface area contributed by atoms with E-state index in [2.05, 4.69) is 29.2 Å². The maximum Gasteiger partial charge on any atom is 0.320 e. The summed E-state index contributed by atoms with van der Waals surface area (Å²) in [5, 5.41) is 8.98. The Labute approximate surface area is 102 Å². The quantitative estimate of drug-likeness (QED) is 0.865. The number of hydrogen-bond acceptors (Lipinski definition) is 2. The van der Waals surface area contributed by atoms with Gasteiger partial charge in [-0.2, -0.15) is 0 Å². The molecule has 1 fully saturated rings. The standard InChI is InChI=1S/C14H19NO2/c1-11(14(16)17)15-8-7-13(10-15)9-12-5-3-2-4-6-12/h2-6,11,13H,7-10H2,1H3,(H,16,17)/t11-,13-/m0/s1. The number of carboxylic acid groups (broad SMARTS) is 1. The average Bonchev–Trinajstić information content (AvgIpc) is 2.77. The van der Waals surface area contributed by atoms with E-state index in [1.54, 1.807) is 6.92 Å². The molecule has 0 spiro atoms. The molecule has 0 unspecified atom stereocenters. The van der Waals surface area contributed by atoms with Gasteiger partial charge in [-0.25, -0.2) is 0 Å². The first-order valence-corrected chi connectivity index (χ1v) is 6.17. The molecule has 0 aliphatic carbocycles. The minimum absolute atomic E-state index is 0.351. The number of aliphatic carboxylic acids is 1. The summed E-state index contributed by atoms with van der Waals surface area (Å²) in [6.07, 6.45) is 2.16. The number of benzene rings is 1. The van der Waals surface area contributed by atoms with Gasteiger partial charge in [0.15, 0.2) is 0 Å². The van der Waals surface area contributed by atoms with E-state index in [0.29, 0.717) is 5.92 Å². The lowest BCUT2D eigenvalue weighted by Gasteiger charge is -2.20. The fraction of sp³-hybridized carbons (Fsp3) is 0.500. The molecule has 0 radical (unpaired) electrons. The van der Waals surface area contributed by atoms with Gasteiger partial charge in [0.05, 0.1) is 0 Å². The van der Waals surface area contributed by atoms with Crippen LogP contribution in [-0.4, -0.2) is 35.1 Å². The van der Waals surface area contributed by atoms with Gasteiger partial charge in [-0.15, -0.1) is 0 Å². The van der Waals surface area contributed by atoms with Crippen molar-refractivity contribution >= 4 is 5.97 Å². The topological polar surface area (TPSA) is 40.5 Å². The van der Waals surface area contributed by atoms with Crippen LogP contribution < -0.4 is 0 Å². The van der Waals surface area contributed by atoms with Crippen molar-refractivity contribution in [3.8, 4) is 0 Å². The van der Waals surface area contributed by atoms with Crippen molar-refractivity contribution in [2.45, 2.75) is 25.8 Å². The molecule has 1 aliphatic rings. The van der Waals surface area contributed by atoms with Crippen LogP contribution in [0.2, 0.25) is 0 Å². The molecule has 2 atom stereocenters. The Morgan fingerprint density at radius 1 is 1.47 bits per heavy atom. The molecular formula is C14H19NO2. The molecule has 2 rings (SSSR count). The minimum Gasteiger partial charge on any atom is -0.480 e. The third-order valence-corrected chi connectivity index (χ3v) is 3.59. The fourth-order valence-electron chi connectivity index (χ4n) is 2.48. The van der Waals surface area contributed by atoms with Gasteiger partial charge < -0.3 is 5.11 Å². The predicted molar refractivity (Wildman–Crippen MR) is 66.9 cm³/mol. The van der Waals surface area contributed by atoms with Gasteiger partial charge in [-0.3, -0.25) is 9.69 Å². The Kier molecular flexibility index (Phi) is 3.79. The van der Waals surface area contributed by atoms with Crippen LogP contribution in [0.1, 0.15) is 18.9 Å². The molecule has 1 aromatic rings. The van der Waals surface area contributed by atoms with Crippen molar-refractivity contribution in [2.75, 3.05) is 13.1 Å². The van der Waals surface area contributed by atoms with E-state index in [-0.39, 0.29) is 6.04 Å². The lowest BCUT2D eigenvalue weighted by Crippen LogP contribution is -2.37. The number of likely N-dealkylation sites (tertiary alicyclic amines) is 1. The van der Waals surface area contributed by atoms with Crippen LogP contribution in [0.4, 0.5) is 0 Å². The fourth-order valence-corrected chi connectivity index (χ4v) is 2.48. The Hall–Kier alpha value is -1.35. The number of carbonyl (C=O) groups is 1. The summed E-state index contributed by atoms with van der Waals surface area (Å²) in [4.78, 5) is 13.0. The van der Waals surface area contributed by atoms with Gasteiger partial charge in [0, 0.05) is 6.54 Å². The monoisotopic (exact) mass is 233 g/mol. The van der Waals surface area contributed by atoms with Gasteiger partial charge in [0.25, 0.3) is 0 Å². The van der Waals surface area contributed by atoms with Gasteiger partial charge in [0.1, 0.15) is 6.04 Å². The second-order valence-electron chi connectivity index (χ2n) is 4.85. The third kappa shape index (κ3) is 3.07. The van der Waals surface area contributed by atoms with Gasteiger partial charge in [-0.1, -0.05) is 30.3 Å². The zero-order valence-corrected chi connectivity index (χ0v) is 10.2. The molecule has 1 aliphatic heterocycles. The van der Waals surface area contributed by atoms with E-state index in [0.717, 1.165) is 25.9 Å². The van der Waals surface area contributed by atoms with E-state index in [1.807, 2.05) is 6.07 Å². The maximum absolute atomic E-state index is 10.9. The number of hydrogen-bond donors (Lipinski definition) is 1. The van der Waals surface area contributed by atoms with Crippen molar-refractivity contribution < 1.29 is 9.90 Å². The molecule has 92 valence electrons. The minimum atomic E-state index is -0.717. The zero-order valence-electron chi connectivity index (χ0n) is 10.2. The SMILES string of the molecule is C[C@@H](C(=O)O)N1CC[C@@H](Cc2ccccc2)C1. The first-order valence-electron chi connectivity index (χ1n) is 6.17. The number of nitrogens with zero attached hydrogens (tertiary/aromatic N) is 1. The highest BCUT2D eigenvalue weighted by atomic mass is 16.4. The van der Waals surface area contributed by atoms with Crippen molar-refractivity contribution in [3.63, 3.8) is 0 Å². The molecule has 0 aromatic heterocycles. The Bertz CT molecular complexity index is 377. The molecule has 0 bridgehead atoms. The van der Waals surface area contributed by atoms with E-state index >= 15 is 0 Å². The molecule has 1 N–H and O–H groups in total. The zero-order chi connectivity index (χ0) is 12.3. The van der Waals surface area contributed by atoms with Crippen molar-refractivity contribution in [3.05, 3.63) is 35.9 Å². The Morgan fingerprint density at radius 2 is 2.18 bits per heavy atom. The van der Waals surface area contributed by atoms with Crippen LogP contribution >= 0.6 is 0 Å².